The number of rotatable bonds is 3. The Hall–Kier alpha value is -2.05. The molecule has 0 fully saturated rings. The Kier molecular flexibility index (Phi) is 3.94. The molecule has 0 atom stereocenters. The second kappa shape index (κ2) is 6.11. The van der Waals surface area contributed by atoms with Gasteiger partial charge in [0.25, 0.3) is 5.91 Å². The molecule has 0 saturated carbocycles. The summed E-state index contributed by atoms with van der Waals surface area (Å²) in [5.74, 6) is -0.135. The van der Waals surface area contributed by atoms with Gasteiger partial charge in [0.1, 0.15) is 0 Å². The Morgan fingerprint density at radius 2 is 2.21 bits per heavy atom. The number of anilines is 1. The lowest BCUT2D eigenvalue weighted by atomic mass is 9.94. The van der Waals surface area contributed by atoms with Crippen molar-refractivity contribution < 1.29 is 4.79 Å². The maximum absolute atomic E-state index is 12.8. The smallest absolute Gasteiger partial charge is 0.276 e. The van der Waals surface area contributed by atoms with Crippen molar-refractivity contribution in [2.75, 3.05) is 11.6 Å². The minimum atomic E-state index is -0.135. The molecule has 0 bridgehead atoms. The molecule has 1 aromatic carbocycles. The van der Waals surface area contributed by atoms with E-state index in [2.05, 4.69) is 21.9 Å². The summed E-state index contributed by atoms with van der Waals surface area (Å²) in [7, 11) is 1.91. The van der Waals surface area contributed by atoms with Crippen LogP contribution in [0.3, 0.4) is 0 Å². The topological polar surface area (TPSA) is 46.9 Å². The molecule has 4 rings (SSSR count). The highest BCUT2D eigenvalue weighted by Gasteiger charge is 2.27. The highest BCUT2D eigenvalue weighted by Crippen LogP contribution is 2.37. The van der Waals surface area contributed by atoms with E-state index in [1.165, 1.54) is 10.4 Å². The monoisotopic (exact) mass is 355 g/mol. The van der Waals surface area contributed by atoms with E-state index in [0.717, 1.165) is 34.7 Å². The number of thiophene rings is 1. The van der Waals surface area contributed by atoms with Crippen LogP contribution in [-0.4, -0.2) is 21.9 Å². The van der Waals surface area contributed by atoms with Gasteiger partial charge in [-0.15, -0.1) is 23.1 Å². The summed E-state index contributed by atoms with van der Waals surface area (Å²) in [5.41, 5.74) is 4.71. The van der Waals surface area contributed by atoms with Crippen LogP contribution in [0.5, 0.6) is 0 Å². The van der Waals surface area contributed by atoms with Gasteiger partial charge >= 0.3 is 0 Å². The Morgan fingerprint density at radius 1 is 1.33 bits per heavy atom. The van der Waals surface area contributed by atoms with E-state index in [-0.39, 0.29) is 5.91 Å². The number of carbonyl (C=O) groups is 1. The van der Waals surface area contributed by atoms with Crippen LogP contribution in [0.1, 0.15) is 20.9 Å². The number of benzene rings is 1. The van der Waals surface area contributed by atoms with Gasteiger partial charge in [-0.3, -0.25) is 9.48 Å². The molecule has 2 heterocycles. The summed E-state index contributed by atoms with van der Waals surface area (Å²) >= 11 is 3.43. The van der Waals surface area contributed by atoms with Crippen LogP contribution in [0.2, 0.25) is 0 Å². The number of hydrogen-bond donors (Lipinski definition) is 1. The molecule has 0 saturated heterocycles. The van der Waals surface area contributed by atoms with Crippen LogP contribution in [0.4, 0.5) is 5.69 Å². The molecule has 1 N–H and O–H groups in total. The molecule has 0 spiro atoms. The minimum Gasteiger partial charge on any atom is -0.321 e. The Labute approximate surface area is 148 Å². The van der Waals surface area contributed by atoms with Gasteiger partial charge in [-0.2, -0.15) is 5.10 Å². The molecular weight excluding hydrogens is 338 g/mol. The summed E-state index contributed by atoms with van der Waals surface area (Å²) < 4.78 is 1.84. The lowest BCUT2D eigenvalue weighted by Crippen LogP contribution is -2.15. The molecule has 2 aromatic heterocycles. The molecule has 0 unspecified atom stereocenters. The van der Waals surface area contributed by atoms with Crippen LogP contribution in [0, 0.1) is 0 Å². The van der Waals surface area contributed by atoms with Gasteiger partial charge in [0.15, 0.2) is 5.69 Å². The molecule has 3 aromatic rings. The number of nitrogens with one attached hydrogen (secondary N) is 1. The van der Waals surface area contributed by atoms with Crippen LogP contribution in [0.15, 0.2) is 40.6 Å². The van der Waals surface area contributed by atoms with Gasteiger partial charge in [-0.25, -0.2) is 0 Å². The van der Waals surface area contributed by atoms with Gasteiger partial charge in [-0.1, -0.05) is 6.07 Å². The lowest BCUT2D eigenvalue weighted by Gasteiger charge is -2.13. The Bertz CT molecular complexity index is 926. The number of aromatic nitrogens is 2. The highest BCUT2D eigenvalue weighted by molar-refractivity contribution is 7.98. The summed E-state index contributed by atoms with van der Waals surface area (Å²) in [6, 6.07) is 10.00. The van der Waals surface area contributed by atoms with Crippen molar-refractivity contribution in [1.29, 1.82) is 0 Å². The Morgan fingerprint density at radius 3 is 3.04 bits per heavy atom. The summed E-state index contributed by atoms with van der Waals surface area (Å²) in [5, 5.41) is 9.61. The van der Waals surface area contributed by atoms with Crippen LogP contribution >= 0.6 is 23.1 Å². The van der Waals surface area contributed by atoms with Gasteiger partial charge in [0.05, 0.1) is 5.69 Å². The Balaban J connectivity index is 1.68. The van der Waals surface area contributed by atoms with Crippen molar-refractivity contribution in [1.82, 2.24) is 9.78 Å². The van der Waals surface area contributed by atoms with E-state index in [9.17, 15) is 4.79 Å². The van der Waals surface area contributed by atoms with Gasteiger partial charge in [0, 0.05) is 33.6 Å². The van der Waals surface area contributed by atoms with Gasteiger partial charge < -0.3 is 5.32 Å². The van der Waals surface area contributed by atoms with Crippen molar-refractivity contribution in [2.24, 2.45) is 7.05 Å². The molecule has 0 aliphatic heterocycles. The van der Waals surface area contributed by atoms with E-state index in [4.69, 9.17) is 0 Å². The molecule has 1 aliphatic carbocycles. The molecular formula is C18H17N3OS2. The fourth-order valence-corrected chi connectivity index (χ4v) is 4.54. The van der Waals surface area contributed by atoms with E-state index < -0.39 is 0 Å². The number of thioether (sulfide) groups is 1. The van der Waals surface area contributed by atoms with E-state index >= 15 is 0 Å². The van der Waals surface area contributed by atoms with E-state index in [1.807, 2.05) is 42.3 Å². The summed E-state index contributed by atoms with van der Waals surface area (Å²) in [4.78, 5) is 15.3. The third kappa shape index (κ3) is 2.56. The van der Waals surface area contributed by atoms with Crippen molar-refractivity contribution in [2.45, 2.75) is 17.7 Å². The lowest BCUT2D eigenvalue weighted by molar-refractivity contribution is 0.102. The number of aryl methyl sites for hydroxylation is 2. The number of carbonyl (C=O) groups excluding carboxylic acids is 1. The fourth-order valence-electron chi connectivity index (χ4n) is 3.20. The zero-order chi connectivity index (χ0) is 16.7. The molecule has 6 heteroatoms. The molecule has 1 aliphatic rings. The first-order valence-electron chi connectivity index (χ1n) is 7.75. The molecule has 24 heavy (non-hydrogen) atoms. The summed E-state index contributed by atoms with van der Waals surface area (Å²) in [6.07, 6.45) is 3.87. The number of nitrogens with zero attached hydrogens (tertiary/aromatic N) is 2. The minimum absolute atomic E-state index is 0.135. The predicted octanol–water partition coefficient (Wildman–Crippen LogP) is 4.22. The first kappa shape index (κ1) is 15.5. The van der Waals surface area contributed by atoms with Gasteiger partial charge in [0.2, 0.25) is 0 Å². The van der Waals surface area contributed by atoms with Crippen LogP contribution < -0.4 is 5.32 Å². The number of fused-ring (bicyclic) bond motifs is 3. The van der Waals surface area contributed by atoms with Crippen LogP contribution in [-0.2, 0) is 19.9 Å². The maximum Gasteiger partial charge on any atom is 0.276 e. The second-order valence-electron chi connectivity index (χ2n) is 5.74. The SMILES string of the molecule is CSc1cccc(NC(=O)c2nn(C)c3c2CCc2sccc2-3)c1. The van der Waals surface area contributed by atoms with Gasteiger partial charge in [-0.05, 0) is 48.7 Å². The van der Waals surface area contributed by atoms with Crippen molar-refractivity contribution in [3.63, 3.8) is 0 Å². The maximum atomic E-state index is 12.8. The van der Waals surface area contributed by atoms with Crippen molar-refractivity contribution >= 4 is 34.7 Å². The van der Waals surface area contributed by atoms with Crippen molar-refractivity contribution in [3.05, 3.63) is 51.8 Å². The van der Waals surface area contributed by atoms with E-state index in [0.29, 0.717) is 5.69 Å². The molecule has 1 amide bonds. The number of hydrogen-bond acceptors (Lipinski definition) is 4. The zero-order valence-electron chi connectivity index (χ0n) is 13.5. The van der Waals surface area contributed by atoms with Crippen molar-refractivity contribution in [3.8, 4) is 11.3 Å². The first-order chi connectivity index (χ1) is 11.7. The predicted molar refractivity (Wildman–Crippen MR) is 100 cm³/mol. The quantitative estimate of drug-likeness (QED) is 0.716. The second-order valence-corrected chi connectivity index (χ2v) is 7.62. The molecule has 122 valence electrons. The molecule has 4 nitrogen and oxygen atoms in total. The normalized spacial score (nSPS) is 12.6. The largest absolute Gasteiger partial charge is 0.321 e. The average molecular weight is 355 g/mol. The average Bonchev–Trinajstić information content (AvgIpc) is 3.19. The number of amides is 1. The molecule has 0 radical (unpaired) electrons. The fraction of sp³-hybridized carbons (Fsp3) is 0.222. The van der Waals surface area contributed by atoms with E-state index in [1.54, 1.807) is 23.1 Å². The third-order valence-corrected chi connectivity index (χ3v) is 6.00. The zero-order valence-corrected chi connectivity index (χ0v) is 15.1. The standard InChI is InChI=1S/C18H17N3OS2/c1-21-17-13-8-9-24-15(13)7-6-14(17)16(20-21)18(22)19-11-4-3-5-12(10-11)23-2/h3-5,8-10H,6-7H2,1-2H3,(H,19,22). The first-order valence-corrected chi connectivity index (χ1v) is 9.86. The highest BCUT2D eigenvalue weighted by atomic mass is 32.2. The van der Waals surface area contributed by atoms with Crippen LogP contribution in [0.25, 0.3) is 11.3 Å². The summed E-state index contributed by atoms with van der Waals surface area (Å²) in [6.45, 7) is 0. The third-order valence-electron chi connectivity index (χ3n) is 4.29.